The number of amides is 2. The van der Waals surface area contributed by atoms with Gasteiger partial charge in [-0.1, -0.05) is 56.5 Å². The maximum absolute atomic E-state index is 13.8. The summed E-state index contributed by atoms with van der Waals surface area (Å²) in [6.45, 7) is 4.99. The molecule has 1 aliphatic heterocycles. The van der Waals surface area contributed by atoms with Crippen LogP contribution in [0.3, 0.4) is 0 Å². The molecule has 1 aromatic carbocycles. The first-order valence-corrected chi connectivity index (χ1v) is 12.6. The highest BCUT2D eigenvalue weighted by Gasteiger charge is 2.48. The van der Waals surface area contributed by atoms with Crippen molar-refractivity contribution in [1.82, 2.24) is 14.8 Å². The largest absolute Gasteiger partial charge is 0.351 e. The van der Waals surface area contributed by atoms with Crippen LogP contribution in [-0.2, 0) is 24.3 Å². The number of nitrogens with one attached hydrogen (secondary N) is 1. The molecule has 1 atom stereocenters. The van der Waals surface area contributed by atoms with E-state index < -0.39 is 5.54 Å². The van der Waals surface area contributed by atoms with Gasteiger partial charge in [0.05, 0.1) is 16.8 Å². The van der Waals surface area contributed by atoms with Crippen molar-refractivity contribution in [1.29, 1.82) is 0 Å². The van der Waals surface area contributed by atoms with Crippen LogP contribution in [0.1, 0.15) is 66.9 Å². The number of benzene rings is 1. The van der Waals surface area contributed by atoms with Gasteiger partial charge < -0.3 is 14.8 Å². The van der Waals surface area contributed by atoms with Gasteiger partial charge in [-0.3, -0.25) is 9.59 Å². The van der Waals surface area contributed by atoms with E-state index in [9.17, 15) is 9.59 Å². The van der Waals surface area contributed by atoms with Gasteiger partial charge in [0.1, 0.15) is 11.2 Å². The second kappa shape index (κ2) is 8.39. The molecule has 3 aromatic rings. The predicted molar refractivity (Wildman–Crippen MR) is 129 cm³/mol. The molecule has 1 N–H and O–H groups in total. The van der Waals surface area contributed by atoms with Gasteiger partial charge >= 0.3 is 0 Å². The Morgan fingerprint density at radius 3 is 2.62 bits per heavy atom. The van der Waals surface area contributed by atoms with Crippen molar-refractivity contribution in [2.45, 2.75) is 77.0 Å². The molecule has 0 bridgehead atoms. The van der Waals surface area contributed by atoms with Crippen LogP contribution in [0.4, 0.5) is 0 Å². The van der Waals surface area contributed by atoms with Crippen molar-refractivity contribution in [3.05, 3.63) is 58.6 Å². The van der Waals surface area contributed by atoms with E-state index in [0.717, 1.165) is 47.9 Å². The lowest BCUT2D eigenvalue weighted by atomic mass is 9.91. The number of nitrogens with zero attached hydrogens (tertiary/aromatic N) is 2. The summed E-state index contributed by atoms with van der Waals surface area (Å²) in [5.41, 5.74) is 1.85. The second-order valence-electron chi connectivity index (χ2n) is 9.39. The third-order valence-corrected chi connectivity index (χ3v) is 8.34. The molecule has 1 aliphatic carbocycles. The summed E-state index contributed by atoms with van der Waals surface area (Å²) >= 11 is 1.74. The number of fused-ring (bicyclic) bond motifs is 3. The van der Waals surface area contributed by atoms with Crippen LogP contribution in [0.25, 0.3) is 10.2 Å². The van der Waals surface area contributed by atoms with Gasteiger partial charge in [-0.15, -0.1) is 11.3 Å². The zero-order chi connectivity index (χ0) is 22.3. The Morgan fingerprint density at radius 1 is 1.16 bits per heavy atom. The SMILES string of the molecule is CCc1cc2c(cc3n2C[C@](C)(C(=O)NC2CCCCC2)N(Cc2ccccc2)C3=O)s1. The van der Waals surface area contributed by atoms with Gasteiger partial charge in [0.15, 0.2) is 0 Å². The monoisotopic (exact) mass is 449 g/mol. The van der Waals surface area contributed by atoms with Crippen LogP contribution in [0.2, 0.25) is 0 Å². The standard InChI is InChI=1S/C26H31N3O2S/c1-3-20-14-21-23(32-20)15-22-24(30)29(16-18-10-6-4-7-11-18)26(2,17-28(21)22)25(31)27-19-12-8-5-9-13-19/h4,6-7,10-11,14-15,19H,3,5,8-9,12-13,16-17H2,1-2H3,(H,27,31)/t26-/m1/s1. The number of aryl methyl sites for hydroxylation is 1. The van der Waals surface area contributed by atoms with Crippen molar-refractivity contribution in [3.8, 4) is 0 Å². The number of hydrogen-bond donors (Lipinski definition) is 1. The van der Waals surface area contributed by atoms with E-state index in [0.29, 0.717) is 18.8 Å². The van der Waals surface area contributed by atoms with Gasteiger partial charge in [-0.2, -0.15) is 0 Å². The first-order chi connectivity index (χ1) is 15.5. The summed E-state index contributed by atoms with van der Waals surface area (Å²) in [7, 11) is 0. The molecular weight excluding hydrogens is 418 g/mol. The van der Waals surface area contributed by atoms with E-state index in [4.69, 9.17) is 0 Å². The van der Waals surface area contributed by atoms with E-state index in [1.54, 1.807) is 16.2 Å². The molecule has 3 heterocycles. The topological polar surface area (TPSA) is 54.3 Å². The van der Waals surface area contributed by atoms with Crippen LogP contribution in [0.5, 0.6) is 0 Å². The minimum absolute atomic E-state index is 0.0351. The lowest BCUT2D eigenvalue weighted by Crippen LogP contribution is -2.64. The molecular formula is C26H31N3O2S. The van der Waals surface area contributed by atoms with Crippen LogP contribution in [-0.4, -0.2) is 32.9 Å². The number of hydrogen-bond acceptors (Lipinski definition) is 3. The molecule has 0 spiro atoms. The van der Waals surface area contributed by atoms with Crippen molar-refractivity contribution in [3.63, 3.8) is 0 Å². The van der Waals surface area contributed by atoms with E-state index in [1.165, 1.54) is 11.3 Å². The molecule has 1 saturated carbocycles. The van der Waals surface area contributed by atoms with Crippen LogP contribution in [0, 0.1) is 0 Å². The second-order valence-corrected chi connectivity index (χ2v) is 10.6. The Morgan fingerprint density at radius 2 is 1.91 bits per heavy atom. The number of carbonyl (C=O) groups excluding carboxylic acids is 2. The molecule has 5 rings (SSSR count). The number of aromatic nitrogens is 1. The van der Waals surface area contributed by atoms with Crippen LogP contribution in [0.15, 0.2) is 42.5 Å². The average molecular weight is 450 g/mol. The zero-order valence-corrected chi connectivity index (χ0v) is 19.7. The molecule has 2 aliphatic rings. The maximum atomic E-state index is 13.8. The van der Waals surface area contributed by atoms with E-state index in [1.807, 2.05) is 43.3 Å². The summed E-state index contributed by atoms with van der Waals surface area (Å²) in [5.74, 6) is -0.102. The van der Waals surface area contributed by atoms with E-state index in [-0.39, 0.29) is 17.9 Å². The first kappa shape index (κ1) is 21.3. The fraction of sp³-hybridized carbons (Fsp3) is 0.462. The van der Waals surface area contributed by atoms with E-state index in [2.05, 4.69) is 22.9 Å². The Labute approximate surface area is 193 Å². The van der Waals surface area contributed by atoms with Gasteiger partial charge in [-0.25, -0.2) is 0 Å². The van der Waals surface area contributed by atoms with Crippen molar-refractivity contribution in [2.24, 2.45) is 0 Å². The van der Waals surface area contributed by atoms with Crippen molar-refractivity contribution >= 4 is 33.4 Å². The molecule has 5 nitrogen and oxygen atoms in total. The predicted octanol–water partition coefficient (Wildman–Crippen LogP) is 5.13. The Balaban J connectivity index is 1.54. The quantitative estimate of drug-likeness (QED) is 0.587. The zero-order valence-electron chi connectivity index (χ0n) is 18.9. The molecule has 1 fully saturated rings. The molecule has 0 saturated heterocycles. The van der Waals surface area contributed by atoms with Gasteiger partial charge in [-0.05, 0) is 43.9 Å². The Bertz CT molecular complexity index is 1140. The molecule has 168 valence electrons. The van der Waals surface area contributed by atoms with Gasteiger partial charge in [0.25, 0.3) is 5.91 Å². The third kappa shape index (κ3) is 3.64. The molecule has 6 heteroatoms. The summed E-state index contributed by atoms with van der Waals surface area (Å²) in [5, 5.41) is 3.31. The molecule has 0 unspecified atom stereocenters. The highest BCUT2D eigenvalue weighted by atomic mass is 32.1. The fourth-order valence-electron chi connectivity index (χ4n) is 5.16. The summed E-state index contributed by atoms with van der Waals surface area (Å²) in [6.07, 6.45) is 6.58. The fourth-order valence-corrected chi connectivity index (χ4v) is 6.21. The smallest absolute Gasteiger partial charge is 0.271 e. The maximum Gasteiger partial charge on any atom is 0.271 e. The van der Waals surface area contributed by atoms with Gasteiger partial charge in [0, 0.05) is 17.5 Å². The normalized spacial score (nSPS) is 21.7. The minimum atomic E-state index is -0.947. The van der Waals surface area contributed by atoms with Crippen LogP contribution >= 0.6 is 11.3 Å². The lowest BCUT2D eigenvalue weighted by molar-refractivity contribution is -0.134. The summed E-state index contributed by atoms with van der Waals surface area (Å²) in [4.78, 5) is 30.6. The molecule has 32 heavy (non-hydrogen) atoms. The molecule has 2 aromatic heterocycles. The van der Waals surface area contributed by atoms with Crippen molar-refractivity contribution < 1.29 is 9.59 Å². The minimum Gasteiger partial charge on any atom is -0.351 e. The first-order valence-electron chi connectivity index (χ1n) is 11.8. The molecule has 0 radical (unpaired) electrons. The van der Waals surface area contributed by atoms with Crippen molar-refractivity contribution in [2.75, 3.05) is 0 Å². The highest BCUT2D eigenvalue weighted by Crippen LogP contribution is 2.37. The highest BCUT2D eigenvalue weighted by molar-refractivity contribution is 7.19. The average Bonchev–Trinajstić information content (AvgIpc) is 3.36. The summed E-state index contributed by atoms with van der Waals surface area (Å²) < 4.78 is 3.21. The Hall–Kier alpha value is -2.60. The molecule has 2 amide bonds. The third-order valence-electron chi connectivity index (χ3n) is 7.13. The number of rotatable bonds is 5. The lowest BCUT2D eigenvalue weighted by Gasteiger charge is -2.45. The van der Waals surface area contributed by atoms with Gasteiger partial charge in [0.2, 0.25) is 5.91 Å². The van der Waals surface area contributed by atoms with Crippen LogP contribution < -0.4 is 5.32 Å². The van der Waals surface area contributed by atoms with E-state index >= 15 is 0 Å². The Kier molecular flexibility index (Phi) is 5.58. The number of thiophene rings is 1. The summed E-state index contributed by atoms with van der Waals surface area (Å²) in [6, 6.07) is 14.4. The number of carbonyl (C=O) groups is 2.